The number of nitrogens with one attached hydrogen (secondary N) is 2. The Balaban J connectivity index is 2.08. The summed E-state index contributed by atoms with van der Waals surface area (Å²) in [5, 5.41) is 10.4. The summed E-state index contributed by atoms with van der Waals surface area (Å²) in [6.07, 6.45) is 3.69. The molecule has 1 saturated heterocycles. The Bertz CT molecular complexity index is 399. The molecule has 2 N–H and O–H groups in total. The fourth-order valence-corrected chi connectivity index (χ4v) is 2.05. The highest BCUT2D eigenvalue weighted by molar-refractivity contribution is 5.94. The van der Waals surface area contributed by atoms with Crippen molar-refractivity contribution in [2.24, 2.45) is 0 Å². The van der Waals surface area contributed by atoms with Crippen LogP contribution in [0.4, 0.5) is 5.82 Å². The molecule has 1 atom stereocenters. The minimum atomic E-state index is -0.130. The average molecular weight is 236 g/mol. The summed E-state index contributed by atoms with van der Waals surface area (Å²) in [4.78, 5) is 12.0. The number of rotatable bonds is 2. The fraction of sp³-hybridized carbons (Fsp3) is 0.667. The van der Waals surface area contributed by atoms with Gasteiger partial charge in [-0.25, -0.2) is 4.68 Å². The van der Waals surface area contributed by atoms with Crippen LogP contribution in [0, 0.1) is 0 Å². The molecule has 94 valence electrons. The first-order valence-corrected chi connectivity index (χ1v) is 6.07. The van der Waals surface area contributed by atoms with Crippen LogP contribution in [0.15, 0.2) is 12.3 Å². The summed E-state index contributed by atoms with van der Waals surface area (Å²) in [6.45, 7) is 7.10. The number of amides is 1. The molecular weight excluding hydrogens is 216 g/mol. The van der Waals surface area contributed by atoms with Crippen molar-refractivity contribution < 1.29 is 4.79 Å². The molecule has 5 heteroatoms. The zero-order valence-corrected chi connectivity index (χ0v) is 10.7. The van der Waals surface area contributed by atoms with E-state index in [1.165, 1.54) is 0 Å². The highest BCUT2D eigenvalue weighted by Crippen LogP contribution is 2.19. The summed E-state index contributed by atoms with van der Waals surface area (Å²) in [6, 6.07) is 1.77. The van der Waals surface area contributed by atoms with Gasteiger partial charge in [-0.3, -0.25) is 4.79 Å². The van der Waals surface area contributed by atoms with E-state index in [4.69, 9.17) is 0 Å². The number of carbonyl (C=O) groups excluding carboxylic acids is 1. The van der Waals surface area contributed by atoms with Crippen LogP contribution in [-0.4, -0.2) is 28.3 Å². The van der Waals surface area contributed by atoms with Gasteiger partial charge in [-0.15, -0.1) is 0 Å². The third kappa shape index (κ3) is 2.66. The van der Waals surface area contributed by atoms with Crippen LogP contribution < -0.4 is 10.6 Å². The van der Waals surface area contributed by atoms with Crippen LogP contribution in [0.1, 0.15) is 33.6 Å². The molecule has 2 heterocycles. The van der Waals surface area contributed by atoms with Gasteiger partial charge in [0.25, 0.3) is 0 Å². The van der Waals surface area contributed by atoms with Crippen molar-refractivity contribution in [3.63, 3.8) is 0 Å². The van der Waals surface area contributed by atoms with Gasteiger partial charge in [0.1, 0.15) is 5.82 Å². The van der Waals surface area contributed by atoms with Crippen LogP contribution in [0.2, 0.25) is 0 Å². The molecule has 0 bridgehead atoms. The Morgan fingerprint density at radius 3 is 2.94 bits per heavy atom. The zero-order valence-electron chi connectivity index (χ0n) is 10.7. The largest absolute Gasteiger partial charge is 0.310 e. The SMILES string of the molecule is CC(C)(C)n1nccc1NC(=O)[C@H]1CCCN1. The number of carbonyl (C=O) groups is 1. The topological polar surface area (TPSA) is 59.0 Å². The standard InChI is InChI=1S/C12H20N4O/c1-12(2,3)16-10(6-8-14-16)15-11(17)9-5-4-7-13-9/h6,8-9,13H,4-5,7H2,1-3H3,(H,15,17)/t9-/m1/s1. The normalized spacial score (nSPS) is 20.5. The zero-order chi connectivity index (χ0) is 12.5. The maximum absolute atomic E-state index is 12.0. The number of hydrogen-bond donors (Lipinski definition) is 2. The first-order chi connectivity index (χ1) is 7.98. The molecule has 0 spiro atoms. The molecule has 1 aliphatic heterocycles. The molecule has 1 aromatic rings. The Kier molecular flexibility index (Phi) is 3.19. The lowest BCUT2D eigenvalue weighted by Gasteiger charge is -2.23. The minimum Gasteiger partial charge on any atom is -0.310 e. The van der Waals surface area contributed by atoms with Crippen LogP contribution in [0.5, 0.6) is 0 Å². The van der Waals surface area contributed by atoms with Crippen LogP contribution >= 0.6 is 0 Å². The molecule has 0 radical (unpaired) electrons. The van der Waals surface area contributed by atoms with Crippen molar-refractivity contribution >= 4 is 11.7 Å². The minimum absolute atomic E-state index is 0.0356. The van der Waals surface area contributed by atoms with Crippen LogP contribution in [-0.2, 0) is 10.3 Å². The van der Waals surface area contributed by atoms with E-state index in [1.54, 1.807) is 6.20 Å². The summed E-state index contributed by atoms with van der Waals surface area (Å²) < 4.78 is 1.83. The van der Waals surface area contributed by atoms with Gasteiger partial charge in [0, 0.05) is 6.07 Å². The molecule has 0 aromatic carbocycles. The third-order valence-corrected chi connectivity index (χ3v) is 2.91. The van der Waals surface area contributed by atoms with Crippen molar-refractivity contribution in [3.05, 3.63) is 12.3 Å². The summed E-state index contributed by atoms with van der Waals surface area (Å²) in [5.41, 5.74) is -0.130. The van der Waals surface area contributed by atoms with Gasteiger partial charge in [-0.05, 0) is 40.2 Å². The average Bonchev–Trinajstić information content (AvgIpc) is 2.85. The predicted molar refractivity (Wildman–Crippen MR) is 66.9 cm³/mol. The Morgan fingerprint density at radius 1 is 1.59 bits per heavy atom. The van der Waals surface area contributed by atoms with Crippen molar-refractivity contribution in [2.75, 3.05) is 11.9 Å². The molecule has 1 fully saturated rings. The molecular formula is C12H20N4O. The molecule has 2 rings (SSSR count). The second-order valence-electron chi connectivity index (χ2n) is 5.44. The molecule has 1 aromatic heterocycles. The monoisotopic (exact) mass is 236 g/mol. The first kappa shape index (κ1) is 12.1. The molecule has 1 amide bonds. The van der Waals surface area contributed by atoms with E-state index in [0.717, 1.165) is 25.2 Å². The first-order valence-electron chi connectivity index (χ1n) is 6.07. The van der Waals surface area contributed by atoms with Crippen molar-refractivity contribution in [1.29, 1.82) is 0 Å². The lowest BCUT2D eigenvalue weighted by molar-refractivity contribution is -0.117. The van der Waals surface area contributed by atoms with Gasteiger partial charge in [-0.1, -0.05) is 0 Å². The molecule has 17 heavy (non-hydrogen) atoms. The van der Waals surface area contributed by atoms with Crippen molar-refractivity contribution in [1.82, 2.24) is 15.1 Å². The Hall–Kier alpha value is -1.36. The third-order valence-electron chi connectivity index (χ3n) is 2.91. The van der Waals surface area contributed by atoms with Gasteiger partial charge in [0.2, 0.25) is 5.91 Å². The molecule has 1 aliphatic rings. The maximum atomic E-state index is 12.0. The van der Waals surface area contributed by atoms with E-state index >= 15 is 0 Å². The lowest BCUT2D eigenvalue weighted by Crippen LogP contribution is -2.37. The second-order valence-corrected chi connectivity index (χ2v) is 5.44. The van der Waals surface area contributed by atoms with E-state index in [1.807, 2.05) is 10.7 Å². The highest BCUT2D eigenvalue weighted by Gasteiger charge is 2.24. The van der Waals surface area contributed by atoms with E-state index in [2.05, 4.69) is 36.5 Å². The van der Waals surface area contributed by atoms with Crippen LogP contribution in [0.3, 0.4) is 0 Å². The molecule has 0 aliphatic carbocycles. The second kappa shape index (κ2) is 4.49. The van der Waals surface area contributed by atoms with Gasteiger partial charge in [-0.2, -0.15) is 5.10 Å². The van der Waals surface area contributed by atoms with Crippen molar-refractivity contribution in [3.8, 4) is 0 Å². The number of aromatic nitrogens is 2. The number of nitrogens with zero attached hydrogens (tertiary/aromatic N) is 2. The Labute approximate surface area is 102 Å². The summed E-state index contributed by atoms with van der Waals surface area (Å²) in [5.74, 6) is 0.796. The van der Waals surface area contributed by atoms with Gasteiger partial charge in [0.05, 0.1) is 17.8 Å². The summed E-state index contributed by atoms with van der Waals surface area (Å²) >= 11 is 0. The van der Waals surface area contributed by atoms with Gasteiger partial charge >= 0.3 is 0 Å². The summed E-state index contributed by atoms with van der Waals surface area (Å²) in [7, 11) is 0. The van der Waals surface area contributed by atoms with Crippen molar-refractivity contribution in [2.45, 2.75) is 45.2 Å². The van der Waals surface area contributed by atoms with E-state index < -0.39 is 0 Å². The predicted octanol–water partition coefficient (Wildman–Crippen LogP) is 1.33. The fourth-order valence-electron chi connectivity index (χ4n) is 2.05. The number of hydrogen-bond acceptors (Lipinski definition) is 3. The van der Waals surface area contributed by atoms with E-state index in [9.17, 15) is 4.79 Å². The smallest absolute Gasteiger partial charge is 0.242 e. The van der Waals surface area contributed by atoms with E-state index in [0.29, 0.717) is 0 Å². The Morgan fingerprint density at radius 2 is 2.35 bits per heavy atom. The van der Waals surface area contributed by atoms with Crippen LogP contribution in [0.25, 0.3) is 0 Å². The van der Waals surface area contributed by atoms with Gasteiger partial charge in [0.15, 0.2) is 0 Å². The molecule has 0 unspecified atom stereocenters. The highest BCUT2D eigenvalue weighted by atomic mass is 16.2. The van der Waals surface area contributed by atoms with E-state index in [-0.39, 0.29) is 17.5 Å². The number of anilines is 1. The molecule has 0 saturated carbocycles. The van der Waals surface area contributed by atoms with Gasteiger partial charge < -0.3 is 10.6 Å². The molecule has 5 nitrogen and oxygen atoms in total. The lowest BCUT2D eigenvalue weighted by atomic mass is 10.1. The maximum Gasteiger partial charge on any atom is 0.242 e. The quantitative estimate of drug-likeness (QED) is 0.814.